The van der Waals surface area contributed by atoms with Gasteiger partial charge in [-0.15, -0.1) is 0 Å². The second kappa shape index (κ2) is 6.57. The maximum absolute atomic E-state index is 6.02. The smallest absolute Gasteiger partial charge is 0.143 e. The van der Waals surface area contributed by atoms with Crippen molar-refractivity contribution < 1.29 is 0 Å². The molecule has 4 heteroatoms. The van der Waals surface area contributed by atoms with Crippen molar-refractivity contribution in [2.24, 2.45) is 0 Å². The van der Waals surface area contributed by atoms with Crippen LogP contribution in [0.4, 0.5) is 11.5 Å². The Morgan fingerprint density at radius 3 is 2.68 bits per heavy atom. The summed E-state index contributed by atoms with van der Waals surface area (Å²) in [7, 11) is 0. The van der Waals surface area contributed by atoms with Gasteiger partial charge in [0.25, 0.3) is 0 Å². The minimum absolute atomic E-state index is 0.774. The van der Waals surface area contributed by atoms with Gasteiger partial charge in [-0.1, -0.05) is 25.1 Å². The van der Waals surface area contributed by atoms with Gasteiger partial charge in [0.15, 0.2) is 0 Å². The van der Waals surface area contributed by atoms with Crippen molar-refractivity contribution in [3.05, 3.63) is 52.6 Å². The third-order valence-electron chi connectivity index (χ3n) is 2.95. The van der Waals surface area contributed by atoms with Crippen molar-refractivity contribution in [1.29, 1.82) is 0 Å². The Kier molecular flexibility index (Phi) is 4.80. The molecule has 0 aliphatic rings. The van der Waals surface area contributed by atoms with Crippen LogP contribution >= 0.6 is 15.9 Å². The lowest BCUT2D eigenvalue weighted by Crippen LogP contribution is -2.25. The molecule has 0 saturated heterocycles. The number of pyridine rings is 1. The van der Waals surface area contributed by atoms with E-state index in [2.05, 4.69) is 38.8 Å². The van der Waals surface area contributed by atoms with Gasteiger partial charge in [-0.3, -0.25) is 0 Å². The lowest BCUT2D eigenvalue weighted by molar-refractivity contribution is 0.754. The van der Waals surface area contributed by atoms with Crippen LogP contribution in [0.3, 0.4) is 0 Å². The molecule has 2 aromatic rings. The summed E-state index contributed by atoms with van der Waals surface area (Å²) in [4.78, 5) is 6.71. The van der Waals surface area contributed by atoms with Gasteiger partial charge in [0.1, 0.15) is 5.82 Å². The maximum atomic E-state index is 6.02. The molecule has 0 bridgehead atoms. The van der Waals surface area contributed by atoms with E-state index in [1.807, 2.05) is 36.5 Å². The van der Waals surface area contributed by atoms with Crippen molar-refractivity contribution in [2.45, 2.75) is 19.9 Å². The van der Waals surface area contributed by atoms with E-state index in [-0.39, 0.29) is 0 Å². The zero-order valence-corrected chi connectivity index (χ0v) is 12.6. The normalized spacial score (nSPS) is 10.4. The monoisotopic (exact) mass is 319 g/mol. The zero-order valence-electron chi connectivity index (χ0n) is 11.0. The van der Waals surface area contributed by atoms with Crippen LogP contribution in [-0.2, 0) is 6.54 Å². The van der Waals surface area contributed by atoms with Crippen molar-refractivity contribution in [3.8, 4) is 0 Å². The summed E-state index contributed by atoms with van der Waals surface area (Å²) in [5, 5.41) is 0. The lowest BCUT2D eigenvalue weighted by Gasteiger charge is -2.24. The molecule has 100 valence electrons. The predicted octanol–water partition coefficient (Wildman–Crippen LogP) is 3.84. The fourth-order valence-corrected chi connectivity index (χ4v) is 2.53. The van der Waals surface area contributed by atoms with Gasteiger partial charge in [0.05, 0.1) is 4.47 Å². The summed E-state index contributed by atoms with van der Waals surface area (Å²) in [5.74, 6) is 0.965. The summed E-state index contributed by atoms with van der Waals surface area (Å²) in [6, 6.07) is 11.9. The molecule has 0 radical (unpaired) electrons. The van der Waals surface area contributed by atoms with Crippen LogP contribution < -0.4 is 10.6 Å². The van der Waals surface area contributed by atoms with Crippen LogP contribution in [0.5, 0.6) is 0 Å². The van der Waals surface area contributed by atoms with E-state index in [1.165, 1.54) is 0 Å². The number of hydrogen-bond donors (Lipinski definition) is 1. The van der Waals surface area contributed by atoms with Crippen LogP contribution in [0.2, 0.25) is 0 Å². The Morgan fingerprint density at radius 1 is 1.21 bits per heavy atom. The van der Waals surface area contributed by atoms with Crippen molar-refractivity contribution >= 4 is 27.4 Å². The molecule has 0 unspecified atom stereocenters. The highest BCUT2D eigenvalue weighted by atomic mass is 79.9. The van der Waals surface area contributed by atoms with Crippen LogP contribution in [0.1, 0.15) is 18.9 Å². The molecule has 2 N–H and O–H groups in total. The lowest BCUT2D eigenvalue weighted by atomic mass is 10.1. The maximum Gasteiger partial charge on any atom is 0.143 e. The van der Waals surface area contributed by atoms with E-state index in [9.17, 15) is 0 Å². The molecule has 1 aromatic heterocycles. The Morgan fingerprint density at radius 2 is 2.00 bits per heavy atom. The van der Waals surface area contributed by atoms with Crippen LogP contribution in [0.25, 0.3) is 0 Å². The first-order chi connectivity index (χ1) is 9.22. The van der Waals surface area contributed by atoms with Gasteiger partial charge in [-0.25, -0.2) is 4.98 Å². The Hall–Kier alpha value is -1.55. The molecule has 2 rings (SSSR count). The summed E-state index contributed by atoms with van der Waals surface area (Å²) in [6.07, 6.45) is 2.88. The Balaban J connectivity index is 2.27. The molecule has 1 heterocycles. The average molecular weight is 320 g/mol. The molecule has 1 aromatic carbocycles. The van der Waals surface area contributed by atoms with Crippen LogP contribution in [-0.4, -0.2) is 11.5 Å². The number of anilines is 2. The first-order valence-electron chi connectivity index (χ1n) is 6.41. The van der Waals surface area contributed by atoms with Crippen molar-refractivity contribution in [3.63, 3.8) is 0 Å². The summed E-state index contributed by atoms with van der Waals surface area (Å²) in [6.45, 7) is 3.89. The predicted molar refractivity (Wildman–Crippen MR) is 84.1 cm³/mol. The number of rotatable bonds is 5. The van der Waals surface area contributed by atoms with E-state index in [1.54, 1.807) is 0 Å². The minimum atomic E-state index is 0.774. The number of nitrogen functional groups attached to an aromatic ring is 1. The highest BCUT2D eigenvalue weighted by Gasteiger charge is 2.12. The average Bonchev–Trinajstić information content (AvgIpc) is 2.41. The summed E-state index contributed by atoms with van der Waals surface area (Å²) in [5.41, 5.74) is 7.98. The minimum Gasteiger partial charge on any atom is -0.398 e. The molecule has 19 heavy (non-hydrogen) atoms. The molecule has 0 saturated carbocycles. The first kappa shape index (κ1) is 13.9. The van der Waals surface area contributed by atoms with Crippen molar-refractivity contribution in [1.82, 2.24) is 4.98 Å². The van der Waals surface area contributed by atoms with Crippen molar-refractivity contribution in [2.75, 3.05) is 17.2 Å². The number of hydrogen-bond acceptors (Lipinski definition) is 3. The van der Waals surface area contributed by atoms with Gasteiger partial charge in [0.2, 0.25) is 0 Å². The molecule has 0 aliphatic carbocycles. The largest absolute Gasteiger partial charge is 0.398 e. The topological polar surface area (TPSA) is 42.1 Å². The second-order valence-corrected chi connectivity index (χ2v) is 5.28. The Bertz CT molecular complexity index is 542. The van der Waals surface area contributed by atoms with E-state index >= 15 is 0 Å². The first-order valence-corrected chi connectivity index (χ1v) is 7.20. The van der Waals surface area contributed by atoms with E-state index in [0.29, 0.717) is 0 Å². The second-order valence-electron chi connectivity index (χ2n) is 4.43. The molecule has 0 fully saturated rings. The molecule has 0 atom stereocenters. The molecule has 0 aliphatic heterocycles. The van der Waals surface area contributed by atoms with Crippen LogP contribution in [0, 0.1) is 0 Å². The summed E-state index contributed by atoms with van der Waals surface area (Å²) < 4.78 is 1.01. The molecule has 0 amide bonds. The number of para-hydroxylation sites is 1. The number of benzene rings is 1. The number of halogens is 1. The van der Waals surface area contributed by atoms with E-state index in [0.717, 1.165) is 41.1 Å². The van der Waals surface area contributed by atoms with Crippen LogP contribution in [0.15, 0.2) is 47.1 Å². The molecular weight excluding hydrogens is 302 g/mol. The Labute approximate surface area is 122 Å². The highest BCUT2D eigenvalue weighted by molar-refractivity contribution is 9.10. The number of nitrogens with zero attached hydrogens (tertiary/aromatic N) is 2. The highest BCUT2D eigenvalue weighted by Crippen LogP contribution is 2.25. The van der Waals surface area contributed by atoms with Gasteiger partial charge in [-0.2, -0.15) is 0 Å². The van der Waals surface area contributed by atoms with E-state index in [4.69, 9.17) is 5.73 Å². The van der Waals surface area contributed by atoms with Gasteiger partial charge >= 0.3 is 0 Å². The molecule has 3 nitrogen and oxygen atoms in total. The molecule has 0 spiro atoms. The third kappa shape index (κ3) is 3.47. The van der Waals surface area contributed by atoms with Gasteiger partial charge in [-0.05, 0) is 46.1 Å². The summed E-state index contributed by atoms with van der Waals surface area (Å²) >= 11 is 3.56. The molecular formula is C15H18BrN3. The SMILES string of the molecule is CCCN(Cc1ccccc1N)c1ncccc1Br. The number of nitrogens with two attached hydrogens (primary N) is 1. The standard InChI is InChI=1S/C15H18BrN3/c1-2-10-19(15-13(16)7-5-9-18-15)11-12-6-3-4-8-14(12)17/h3-9H,2,10-11,17H2,1H3. The zero-order chi connectivity index (χ0) is 13.7. The van der Waals surface area contributed by atoms with Gasteiger partial charge < -0.3 is 10.6 Å². The van der Waals surface area contributed by atoms with E-state index < -0.39 is 0 Å². The number of aromatic nitrogens is 1. The van der Waals surface area contributed by atoms with Gasteiger partial charge in [0, 0.05) is 25.0 Å². The third-order valence-corrected chi connectivity index (χ3v) is 3.57. The quantitative estimate of drug-likeness (QED) is 0.851. The fraction of sp³-hybridized carbons (Fsp3) is 0.267. The fourth-order valence-electron chi connectivity index (χ4n) is 2.02.